The average molecular weight is 364 g/mol. The fraction of sp³-hybridized carbons (Fsp3) is 0.154. The molecule has 5 rings (SSSR count). The molecule has 5 aromatic rings. The Hall–Kier alpha value is -3.26. The first-order chi connectivity index (χ1) is 13.6. The summed E-state index contributed by atoms with van der Waals surface area (Å²) in [7, 11) is 0. The molecule has 0 saturated heterocycles. The monoisotopic (exact) mass is 364 g/mol. The Morgan fingerprint density at radius 2 is 1.04 bits per heavy atom. The average Bonchev–Trinajstić information content (AvgIpc) is 3.22. The van der Waals surface area contributed by atoms with Crippen molar-refractivity contribution in [3.8, 4) is 0 Å². The minimum Gasteiger partial charge on any atom is -0.357 e. The van der Waals surface area contributed by atoms with Gasteiger partial charge in [-0.15, -0.1) is 0 Å². The van der Waals surface area contributed by atoms with E-state index in [0.717, 1.165) is 0 Å². The van der Waals surface area contributed by atoms with Crippen LogP contribution < -0.4 is 0 Å². The predicted molar refractivity (Wildman–Crippen MR) is 118 cm³/mol. The lowest BCUT2D eigenvalue weighted by molar-refractivity contribution is 0.886. The van der Waals surface area contributed by atoms with Crippen molar-refractivity contribution >= 4 is 21.8 Å². The van der Waals surface area contributed by atoms with Crippen LogP contribution in [0.1, 0.15) is 39.6 Å². The number of hydrogen-bond donors (Lipinski definition) is 2. The number of para-hydroxylation sites is 2. The lowest BCUT2D eigenvalue weighted by Gasteiger charge is -2.18. The van der Waals surface area contributed by atoms with E-state index in [4.69, 9.17) is 0 Å². The van der Waals surface area contributed by atoms with Gasteiger partial charge >= 0.3 is 0 Å². The van der Waals surface area contributed by atoms with Crippen LogP contribution in [0.4, 0.5) is 0 Å². The Labute approximate surface area is 165 Å². The van der Waals surface area contributed by atoms with Crippen LogP contribution in [0.5, 0.6) is 0 Å². The molecule has 0 fully saturated rings. The standard InChI is InChI=1S/C26H24N2/c1-16-12-14-19(15-13-16)24(25-17(2)20-8-4-6-10-22(20)27-25)26-18(3)21-9-5-7-11-23(21)28-26/h4-15,24,27-28H,1-3H3. The summed E-state index contributed by atoms with van der Waals surface area (Å²) in [4.78, 5) is 7.45. The zero-order valence-corrected chi connectivity index (χ0v) is 16.5. The molecule has 2 heterocycles. The number of H-pyrrole nitrogens is 2. The van der Waals surface area contributed by atoms with Gasteiger partial charge in [0.05, 0.1) is 5.92 Å². The lowest BCUT2D eigenvalue weighted by atomic mass is 9.88. The largest absolute Gasteiger partial charge is 0.357 e. The molecule has 0 atom stereocenters. The van der Waals surface area contributed by atoms with E-state index in [0.29, 0.717) is 0 Å². The number of fused-ring (bicyclic) bond motifs is 2. The topological polar surface area (TPSA) is 31.6 Å². The van der Waals surface area contributed by atoms with Gasteiger partial charge in [0.1, 0.15) is 0 Å². The first-order valence-electron chi connectivity index (χ1n) is 9.84. The number of nitrogens with one attached hydrogen (secondary N) is 2. The molecule has 3 aromatic carbocycles. The van der Waals surface area contributed by atoms with Gasteiger partial charge in [-0.1, -0.05) is 66.2 Å². The summed E-state index contributed by atoms with van der Waals surface area (Å²) < 4.78 is 0. The highest BCUT2D eigenvalue weighted by Crippen LogP contribution is 2.39. The van der Waals surface area contributed by atoms with E-state index < -0.39 is 0 Å². The zero-order chi connectivity index (χ0) is 19.3. The van der Waals surface area contributed by atoms with Crippen molar-refractivity contribution < 1.29 is 0 Å². The molecule has 2 N–H and O–H groups in total. The number of aromatic nitrogens is 2. The van der Waals surface area contributed by atoms with Gasteiger partial charge in [0.25, 0.3) is 0 Å². The van der Waals surface area contributed by atoms with Crippen LogP contribution in [-0.2, 0) is 0 Å². The van der Waals surface area contributed by atoms with E-state index in [1.54, 1.807) is 0 Å². The quantitative estimate of drug-likeness (QED) is 0.355. The molecule has 0 spiro atoms. The van der Waals surface area contributed by atoms with Crippen LogP contribution in [0.3, 0.4) is 0 Å². The normalized spacial score (nSPS) is 11.7. The van der Waals surface area contributed by atoms with Gasteiger partial charge in [-0.05, 0) is 49.6 Å². The van der Waals surface area contributed by atoms with Gasteiger partial charge in [-0.3, -0.25) is 0 Å². The van der Waals surface area contributed by atoms with Crippen LogP contribution in [0, 0.1) is 20.8 Å². The lowest BCUT2D eigenvalue weighted by Crippen LogP contribution is -2.07. The molecule has 0 amide bonds. The summed E-state index contributed by atoms with van der Waals surface area (Å²) in [5, 5.41) is 2.59. The van der Waals surface area contributed by atoms with Gasteiger partial charge in [0.15, 0.2) is 0 Å². The molecule has 0 radical (unpaired) electrons. The summed E-state index contributed by atoms with van der Waals surface area (Å²) in [6.07, 6.45) is 0. The smallest absolute Gasteiger partial charge is 0.0647 e. The Morgan fingerprint density at radius 3 is 1.50 bits per heavy atom. The van der Waals surface area contributed by atoms with Gasteiger partial charge in [0, 0.05) is 33.2 Å². The van der Waals surface area contributed by atoms with Crippen molar-refractivity contribution in [2.45, 2.75) is 26.7 Å². The van der Waals surface area contributed by atoms with E-state index in [9.17, 15) is 0 Å². The highest BCUT2D eigenvalue weighted by Gasteiger charge is 2.25. The molecular formula is C26H24N2. The summed E-state index contributed by atoms with van der Waals surface area (Å²) in [6, 6.07) is 26.1. The van der Waals surface area contributed by atoms with Gasteiger partial charge < -0.3 is 9.97 Å². The zero-order valence-electron chi connectivity index (χ0n) is 16.5. The van der Waals surface area contributed by atoms with Crippen molar-refractivity contribution in [2.24, 2.45) is 0 Å². The molecule has 0 aliphatic rings. The van der Waals surface area contributed by atoms with Crippen molar-refractivity contribution in [1.82, 2.24) is 9.97 Å². The third-order valence-electron chi connectivity index (χ3n) is 6.00. The SMILES string of the molecule is Cc1ccc(C(c2[nH]c3ccccc3c2C)c2[nH]c3ccccc3c2C)cc1. The maximum Gasteiger partial charge on any atom is 0.0647 e. The fourth-order valence-electron chi connectivity index (χ4n) is 4.42. The highest BCUT2D eigenvalue weighted by atomic mass is 14.8. The third-order valence-corrected chi connectivity index (χ3v) is 6.00. The van der Waals surface area contributed by atoms with E-state index in [2.05, 4.69) is 104 Å². The summed E-state index contributed by atoms with van der Waals surface area (Å²) in [5.41, 5.74) is 10.1. The molecule has 28 heavy (non-hydrogen) atoms. The molecule has 2 nitrogen and oxygen atoms in total. The van der Waals surface area contributed by atoms with Crippen molar-refractivity contribution in [1.29, 1.82) is 0 Å². The molecular weight excluding hydrogens is 340 g/mol. The summed E-state index contributed by atoms with van der Waals surface area (Å²) >= 11 is 0. The van der Waals surface area contributed by atoms with E-state index in [-0.39, 0.29) is 5.92 Å². The van der Waals surface area contributed by atoms with Crippen molar-refractivity contribution in [3.05, 3.63) is 106 Å². The van der Waals surface area contributed by atoms with Gasteiger partial charge in [0.2, 0.25) is 0 Å². The molecule has 0 unspecified atom stereocenters. The summed E-state index contributed by atoms with van der Waals surface area (Å²) in [5.74, 6) is 0.139. The van der Waals surface area contributed by atoms with Crippen LogP contribution in [0.25, 0.3) is 21.8 Å². The number of aromatic amines is 2. The molecule has 0 aliphatic heterocycles. The second-order valence-corrected chi connectivity index (χ2v) is 7.76. The molecule has 0 saturated carbocycles. The first kappa shape index (κ1) is 16.9. The third kappa shape index (κ3) is 2.56. The van der Waals surface area contributed by atoms with E-state index in [1.807, 2.05) is 0 Å². The maximum atomic E-state index is 3.73. The highest BCUT2D eigenvalue weighted by molar-refractivity contribution is 5.87. The van der Waals surface area contributed by atoms with Gasteiger partial charge in [-0.25, -0.2) is 0 Å². The van der Waals surface area contributed by atoms with E-state index >= 15 is 0 Å². The minimum atomic E-state index is 0.139. The number of benzene rings is 3. The number of aryl methyl sites for hydroxylation is 3. The van der Waals surface area contributed by atoms with Crippen molar-refractivity contribution in [3.63, 3.8) is 0 Å². The van der Waals surface area contributed by atoms with Crippen LogP contribution >= 0.6 is 0 Å². The molecule has 2 heteroatoms. The molecule has 2 aromatic heterocycles. The Balaban J connectivity index is 1.80. The van der Waals surface area contributed by atoms with Crippen molar-refractivity contribution in [2.75, 3.05) is 0 Å². The van der Waals surface area contributed by atoms with E-state index in [1.165, 1.54) is 55.4 Å². The second-order valence-electron chi connectivity index (χ2n) is 7.76. The Bertz CT molecular complexity index is 1210. The first-order valence-corrected chi connectivity index (χ1v) is 9.84. The second kappa shape index (κ2) is 6.42. The molecule has 138 valence electrons. The summed E-state index contributed by atoms with van der Waals surface area (Å²) in [6.45, 7) is 6.60. The number of rotatable bonds is 3. The predicted octanol–water partition coefficient (Wildman–Crippen LogP) is 6.75. The van der Waals surface area contributed by atoms with Crippen LogP contribution in [0.15, 0.2) is 72.8 Å². The minimum absolute atomic E-state index is 0.139. The molecule has 0 aliphatic carbocycles. The molecule has 0 bridgehead atoms. The maximum absolute atomic E-state index is 3.73. The Morgan fingerprint density at radius 1 is 0.571 bits per heavy atom. The van der Waals surface area contributed by atoms with Crippen LogP contribution in [-0.4, -0.2) is 9.97 Å². The fourth-order valence-corrected chi connectivity index (χ4v) is 4.42. The van der Waals surface area contributed by atoms with Gasteiger partial charge in [-0.2, -0.15) is 0 Å². The Kier molecular flexibility index (Phi) is 3.87. The van der Waals surface area contributed by atoms with Crippen LogP contribution in [0.2, 0.25) is 0 Å². The number of hydrogen-bond acceptors (Lipinski definition) is 0.